The van der Waals surface area contributed by atoms with Gasteiger partial charge in [0, 0.05) is 11.0 Å². The van der Waals surface area contributed by atoms with Gasteiger partial charge in [-0.25, -0.2) is 4.79 Å². The van der Waals surface area contributed by atoms with Gasteiger partial charge in [0.1, 0.15) is 12.2 Å². The lowest BCUT2D eigenvalue weighted by molar-refractivity contribution is -0.223. The van der Waals surface area contributed by atoms with Crippen molar-refractivity contribution in [3.63, 3.8) is 0 Å². The number of ether oxygens (including phenoxy) is 2. The van der Waals surface area contributed by atoms with Crippen molar-refractivity contribution in [1.29, 1.82) is 0 Å². The highest BCUT2D eigenvalue weighted by atomic mass is 16.6. The van der Waals surface area contributed by atoms with Crippen molar-refractivity contribution in [3.05, 3.63) is 11.1 Å². The first kappa shape index (κ1) is 24.9. The number of aliphatic hydroxyl groups excluding tert-OH is 1. The van der Waals surface area contributed by atoms with E-state index in [1.54, 1.807) is 6.92 Å². The second kappa shape index (κ2) is 7.83. The molecule has 1 N–H and O–H groups in total. The van der Waals surface area contributed by atoms with E-state index in [1.165, 1.54) is 38.5 Å². The van der Waals surface area contributed by atoms with Crippen molar-refractivity contribution < 1.29 is 24.2 Å². The van der Waals surface area contributed by atoms with Crippen molar-refractivity contribution in [2.24, 2.45) is 45.3 Å². The molecule has 200 valence electrons. The van der Waals surface area contributed by atoms with Crippen LogP contribution in [0.25, 0.3) is 0 Å². The quantitative estimate of drug-likeness (QED) is 0.485. The molecule has 0 aromatic heterocycles. The molecule has 1 aliphatic heterocycles. The predicted octanol–water partition coefficient (Wildman–Crippen LogP) is 5.98. The second-order valence-corrected chi connectivity index (χ2v) is 14.4. The first-order valence-corrected chi connectivity index (χ1v) is 14.7. The molecule has 0 radical (unpaired) electrons. The molecule has 5 aliphatic carbocycles. The Morgan fingerprint density at radius 2 is 1.78 bits per heavy atom. The molecular formula is C31H46O5. The third-order valence-corrected chi connectivity index (χ3v) is 12.8. The highest BCUT2D eigenvalue weighted by Gasteiger charge is 2.72. The maximum atomic E-state index is 13.3. The number of carbonyl (C=O) groups excluding carboxylic acids is 2. The molecule has 0 aromatic carbocycles. The van der Waals surface area contributed by atoms with Crippen LogP contribution in [0.15, 0.2) is 11.1 Å². The van der Waals surface area contributed by atoms with Crippen molar-refractivity contribution in [2.75, 3.05) is 0 Å². The van der Waals surface area contributed by atoms with Crippen molar-refractivity contribution in [1.82, 2.24) is 0 Å². The lowest BCUT2D eigenvalue weighted by Gasteiger charge is -2.69. The highest BCUT2D eigenvalue weighted by Crippen LogP contribution is 2.78. The molecule has 4 saturated carbocycles. The molecule has 6 aliphatic rings. The maximum Gasteiger partial charge on any atom is 0.335 e. The van der Waals surface area contributed by atoms with Crippen LogP contribution in [0.3, 0.4) is 0 Å². The maximum absolute atomic E-state index is 13.3. The van der Waals surface area contributed by atoms with Crippen LogP contribution in [0.5, 0.6) is 0 Å². The minimum atomic E-state index is -0.737. The van der Waals surface area contributed by atoms with Crippen LogP contribution in [0.4, 0.5) is 0 Å². The van der Waals surface area contributed by atoms with E-state index in [1.807, 2.05) is 6.92 Å². The van der Waals surface area contributed by atoms with Crippen LogP contribution in [0.2, 0.25) is 0 Å². The summed E-state index contributed by atoms with van der Waals surface area (Å²) in [6.07, 6.45) is 9.26. The summed E-state index contributed by atoms with van der Waals surface area (Å²) in [5, 5.41) is 9.90. The van der Waals surface area contributed by atoms with Crippen molar-refractivity contribution in [2.45, 2.75) is 124 Å². The Morgan fingerprint density at radius 1 is 1.08 bits per heavy atom. The molecule has 6 rings (SSSR count). The zero-order valence-electron chi connectivity index (χ0n) is 23.2. The molecule has 1 unspecified atom stereocenters. The number of hydrogen-bond donors (Lipinski definition) is 1. The predicted molar refractivity (Wildman–Crippen MR) is 137 cm³/mol. The van der Waals surface area contributed by atoms with Gasteiger partial charge in [0.05, 0.1) is 12.5 Å². The summed E-state index contributed by atoms with van der Waals surface area (Å²) >= 11 is 0. The summed E-state index contributed by atoms with van der Waals surface area (Å²) < 4.78 is 12.1. The third kappa shape index (κ3) is 3.10. The van der Waals surface area contributed by atoms with Gasteiger partial charge in [-0.05, 0) is 111 Å². The second-order valence-electron chi connectivity index (χ2n) is 14.4. The van der Waals surface area contributed by atoms with Crippen LogP contribution >= 0.6 is 0 Å². The summed E-state index contributed by atoms with van der Waals surface area (Å²) in [6.45, 7) is 13.4. The van der Waals surface area contributed by atoms with E-state index in [0.717, 1.165) is 42.2 Å². The number of carbonyl (C=O) groups is 2. The third-order valence-electron chi connectivity index (χ3n) is 12.8. The van der Waals surface area contributed by atoms with Gasteiger partial charge in [-0.2, -0.15) is 0 Å². The fraction of sp³-hybridized carbons (Fsp3) is 0.871. The molecule has 0 saturated heterocycles. The van der Waals surface area contributed by atoms with Gasteiger partial charge in [0.25, 0.3) is 0 Å². The molecule has 1 spiro atoms. The monoisotopic (exact) mass is 498 g/mol. The minimum absolute atomic E-state index is 0.00749. The number of aliphatic hydroxyl groups is 1. The number of rotatable bonds is 3. The zero-order valence-corrected chi connectivity index (χ0v) is 23.2. The molecule has 36 heavy (non-hydrogen) atoms. The Labute approximate surface area is 216 Å². The number of fused-ring (bicyclic) bond motifs is 7. The summed E-state index contributed by atoms with van der Waals surface area (Å²) in [4.78, 5) is 26.3. The Balaban J connectivity index is 1.45. The van der Waals surface area contributed by atoms with Gasteiger partial charge in [0.15, 0.2) is 0 Å². The smallest absolute Gasteiger partial charge is 0.335 e. The SMILES string of the molecule is CC(O)CC(=O)O[C@H]1C[C@@H]2[C@@]3(C)CCC[C@@]4(C[C@@H]4C)[C@@H]3CC[C@@]2(C)[C@@H]2CCC3=C(C(=O)O[C@@H]3C)[C@@]12C. The average molecular weight is 499 g/mol. The minimum Gasteiger partial charge on any atom is -0.461 e. The fourth-order valence-corrected chi connectivity index (χ4v) is 11.3. The van der Waals surface area contributed by atoms with Crippen LogP contribution in [0, 0.1) is 45.3 Å². The molecule has 0 bridgehead atoms. The van der Waals surface area contributed by atoms with E-state index >= 15 is 0 Å². The van der Waals surface area contributed by atoms with Crippen molar-refractivity contribution in [3.8, 4) is 0 Å². The summed E-state index contributed by atoms with van der Waals surface area (Å²) in [5.74, 6) is 1.77. The van der Waals surface area contributed by atoms with Gasteiger partial charge in [-0.3, -0.25) is 4.79 Å². The van der Waals surface area contributed by atoms with Gasteiger partial charge >= 0.3 is 11.9 Å². The molecule has 0 amide bonds. The standard InChI is InChI=1S/C31H46O5/c1-17-16-31(17)12-7-11-28(4)22(31)10-13-29(5)21-9-8-20-19(3)35-27(34)26(20)30(21,6)24(15-23(28)29)36-25(33)14-18(2)32/h17-19,21-24,32H,7-16H2,1-6H3/t17-,18?,19+,21-,22+,23+,24-,28-,29-,30+,31-/m0/s1. The molecule has 0 aromatic rings. The lowest BCUT2D eigenvalue weighted by Crippen LogP contribution is -2.65. The van der Waals surface area contributed by atoms with Crippen LogP contribution < -0.4 is 0 Å². The van der Waals surface area contributed by atoms with Gasteiger partial charge in [-0.1, -0.05) is 34.1 Å². The van der Waals surface area contributed by atoms with Gasteiger partial charge in [0.2, 0.25) is 0 Å². The van der Waals surface area contributed by atoms with Gasteiger partial charge < -0.3 is 14.6 Å². The lowest BCUT2D eigenvalue weighted by atomic mass is 9.35. The largest absolute Gasteiger partial charge is 0.461 e. The number of esters is 2. The summed E-state index contributed by atoms with van der Waals surface area (Å²) in [6, 6.07) is 0. The molecular weight excluding hydrogens is 452 g/mol. The number of hydrogen-bond acceptors (Lipinski definition) is 5. The van der Waals surface area contributed by atoms with E-state index < -0.39 is 11.5 Å². The topological polar surface area (TPSA) is 72.8 Å². The van der Waals surface area contributed by atoms with Crippen LogP contribution in [0.1, 0.15) is 106 Å². The molecule has 5 nitrogen and oxygen atoms in total. The molecule has 11 atom stereocenters. The Hall–Kier alpha value is -1.36. The van der Waals surface area contributed by atoms with Crippen LogP contribution in [-0.4, -0.2) is 35.4 Å². The zero-order chi connectivity index (χ0) is 25.8. The Kier molecular flexibility index (Phi) is 5.43. The van der Waals surface area contributed by atoms with Gasteiger partial charge in [-0.15, -0.1) is 0 Å². The highest BCUT2D eigenvalue weighted by molar-refractivity contribution is 5.94. The summed E-state index contributed by atoms with van der Waals surface area (Å²) in [5.41, 5.74) is 2.27. The van der Waals surface area contributed by atoms with E-state index in [2.05, 4.69) is 27.7 Å². The fourth-order valence-electron chi connectivity index (χ4n) is 11.3. The summed E-state index contributed by atoms with van der Waals surface area (Å²) in [7, 11) is 0. The molecule has 4 fully saturated rings. The normalized spacial score (nSPS) is 52.0. The first-order valence-electron chi connectivity index (χ1n) is 14.7. The van der Waals surface area contributed by atoms with Crippen LogP contribution in [-0.2, 0) is 19.1 Å². The van der Waals surface area contributed by atoms with E-state index in [4.69, 9.17) is 9.47 Å². The Morgan fingerprint density at radius 3 is 2.44 bits per heavy atom. The first-order chi connectivity index (χ1) is 16.9. The molecule has 1 heterocycles. The van der Waals surface area contributed by atoms with E-state index in [-0.39, 0.29) is 47.3 Å². The van der Waals surface area contributed by atoms with Crippen molar-refractivity contribution >= 4 is 11.9 Å². The van der Waals surface area contributed by atoms with E-state index in [0.29, 0.717) is 11.3 Å². The Bertz CT molecular complexity index is 1010. The molecule has 5 heteroatoms. The number of cyclic esters (lactones) is 1. The van der Waals surface area contributed by atoms with E-state index in [9.17, 15) is 14.7 Å². The average Bonchev–Trinajstić information content (AvgIpc) is 3.30.